The Morgan fingerprint density at radius 1 is 0.875 bits per heavy atom. The molecule has 0 amide bonds. The van der Waals surface area contributed by atoms with E-state index in [0.29, 0.717) is 6.42 Å². The van der Waals surface area contributed by atoms with Crippen molar-refractivity contribution in [1.82, 2.24) is 4.72 Å². The van der Waals surface area contributed by atoms with Crippen LogP contribution in [0.4, 0.5) is 0 Å². The van der Waals surface area contributed by atoms with Gasteiger partial charge in [0.15, 0.2) is 9.84 Å². The molecule has 0 saturated carbocycles. The Kier molecular flexibility index (Phi) is 5.79. The molecule has 2 rings (SSSR count). The van der Waals surface area contributed by atoms with Gasteiger partial charge in [0.05, 0.1) is 9.79 Å². The number of hydrogen-bond acceptors (Lipinski definition) is 4. The van der Waals surface area contributed by atoms with Gasteiger partial charge in [-0.05, 0) is 49.6 Å². The van der Waals surface area contributed by atoms with Crippen LogP contribution in [0.5, 0.6) is 0 Å². The summed E-state index contributed by atoms with van der Waals surface area (Å²) in [6, 6.07) is 14.8. The Labute approximate surface area is 143 Å². The molecule has 0 spiro atoms. The SMILES string of the molecule is CC(CCc1ccccc1)NS(=O)(=O)c1ccc(S(C)(=O)=O)cc1. The molecule has 0 aliphatic carbocycles. The third-order valence-corrected chi connectivity index (χ3v) is 6.36. The van der Waals surface area contributed by atoms with Crippen LogP contribution in [0.2, 0.25) is 0 Å². The topological polar surface area (TPSA) is 80.3 Å². The van der Waals surface area contributed by atoms with E-state index in [0.717, 1.165) is 18.2 Å². The molecule has 0 radical (unpaired) electrons. The van der Waals surface area contributed by atoms with Crippen LogP contribution in [0, 0.1) is 0 Å². The lowest BCUT2D eigenvalue weighted by Crippen LogP contribution is -2.32. The number of nitrogens with one attached hydrogen (secondary N) is 1. The minimum atomic E-state index is -3.67. The van der Waals surface area contributed by atoms with E-state index in [1.54, 1.807) is 0 Å². The van der Waals surface area contributed by atoms with E-state index >= 15 is 0 Å². The number of sulfone groups is 1. The van der Waals surface area contributed by atoms with Crippen LogP contribution in [0.15, 0.2) is 64.4 Å². The molecule has 0 saturated heterocycles. The van der Waals surface area contributed by atoms with Gasteiger partial charge in [-0.1, -0.05) is 30.3 Å². The first kappa shape index (κ1) is 18.6. The Balaban J connectivity index is 2.02. The van der Waals surface area contributed by atoms with E-state index < -0.39 is 19.9 Å². The summed E-state index contributed by atoms with van der Waals surface area (Å²) in [6.07, 6.45) is 2.53. The first-order valence-corrected chi connectivity index (χ1v) is 10.9. The fourth-order valence-electron chi connectivity index (χ4n) is 2.29. The minimum absolute atomic E-state index is 0.0569. The van der Waals surface area contributed by atoms with Gasteiger partial charge in [0, 0.05) is 12.3 Å². The maximum atomic E-state index is 12.4. The fourth-order valence-corrected chi connectivity index (χ4v) is 4.19. The van der Waals surface area contributed by atoms with Gasteiger partial charge in [-0.25, -0.2) is 21.6 Å². The number of rotatable bonds is 7. The first-order valence-electron chi connectivity index (χ1n) is 7.55. The van der Waals surface area contributed by atoms with Gasteiger partial charge >= 0.3 is 0 Å². The third kappa shape index (κ3) is 5.15. The molecule has 0 aromatic heterocycles. The first-order chi connectivity index (χ1) is 11.2. The number of benzene rings is 2. The van der Waals surface area contributed by atoms with Crippen LogP contribution in [0.25, 0.3) is 0 Å². The predicted octanol–water partition coefficient (Wildman–Crippen LogP) is 2.39. The van der Waals surface area contributed by atoms with Crippen molar-refractivity contribution in [2.45, 2.75) is 35.6 Å². The van der Waals surface area contributed by atoms with Crippen LogP contribution in [-0.2, 0) is 26.3 Å². The molecule has 0 fully saturated rings. The average molecular weight is 367 g/mol. The fraction of sp³-hybridized carbons (Fsp3) is 0.294. The minimum Gasteiger partial charge on any atom is -0.224 e. The Morgan fingerprint density at radius 3 is 1.96 bits per heavy atom. The van der Waals surface area contributed by atoms with Crippen LogP contribution in [-0.4, -0.2) is 29.1 Å². The van der Waals surface area contributed by atoms with Gasteiger partial charge < -0.3 is 0 Å². The quantitative estimate of drug-likeness (QED) is 0.815. The lowest BCUT2D eigenvalue weighted by atomic mass is 10.1. The van der Waals surface area contributed by atoms with Gasteiger partial charge in [-0.15, -0.1) is 0 Å². The molecule has 1 unspecified atom stereocenters. The zero-order chi connectivity index (χ0) is 17.8. The van der Waals surface area contributed by atoms with Gasteiger partial charge in [-0.3, -0.25) is 0 Å². The smallest absolute Gasteiger partial charge is 0.224 e. The predicted molar refractivity (Wildman–Crippen MR) is 94.1 cm³/mol. The van der Waals surface area contributed by atoms with Crippen molar-refractivity contribution in [2.24, 2.45) is 0 Å². The van der Waals surface area contributed by atoms with Crippen molar-refractivity contribution in [3.05, 3.63) is 60.2 Å². The summed E-state index contributed by atoms with van der Waals surface area (Å²) in [5.74, 6) is 0. The van der Waals surface area contributed by atoms with Crippen molar-refractivity contribution in [2.75, 3.05) is 6.26 Å². The van der Waals surface area contributed by atoms with E-state index in [-0.39, 0.29) is 15.8 Å². The largest absolute Gasteiger partial charge is 0.240 e. The maximum absolute atomic E-state index is 12.4. The highest BCUT2D eigenvalue weighted by Gasteiger charge is 2.18. The van der Waals surface area contributed by atoms with Gasteiger partial charge in [0.1, 0.15) is 0 Å². The summed E-state index contributed by atoms with van der Waals surface area (Å²) < 4.78 is 50.2. The Morgan fingerprint density at radius 2 is 1.42 bits per heavy atom. The molecular weight excluding hydrogens is 346 g/mol. The molecular formula is C17H21NO4S2. The summed E-state index contributed by atoms with van der Waals surface area (Å²) in [5.41, 5.74) is 1.15. The highest BCUT2D eigenvalue weighted by molar-refractivity contribution is 7.90. The van der Waals surface area contributed by atoms with E-state index in [9.17, 15) is 16.8 Å². The normalized spacial score (nSPS) is 13.6. The summed E-state index contributed by atoms with van der Waals surface area (Å²) in [7, 11) is -7.01. The molecule has 2 aromatic rings. The lowest BCUT2D eigenvalue weighted by molar-refractivity contribution is 0.546. The zero-order valence-electron chi connectivity index (χ0n) is 13.6. The highest BCUT2D eigenvalue weighted by atomic mass is 32.2. The van der Waals surface area contributed by atoms with Crippen molar-refractivity contribution >= 4 is 19.9 Å². The molecule has 130 valence electrons. The summed E-state index contributed by atoms with van der Waals surface area (Å²) >= 11 is 0. The van der Waals surface area contributed by atoms with Crippen LogP contribution < -0.4 is 4.72 Å². The molecule has 7 heteroatoms. The zero-order valence-corrected chi connectivity index (χ0v) is 15.3. The Bertz CT molecular complexity index is 874. The van der Waals surface area contributed by atoms with E-state index in [2.05, 4.69) is 4.72 Å². The molecule has 0 bridgehead atoms. The van der Waals surface area contributed by atoms with Crippen LogP contribution in [0.1, 0.15) is 18.9 Å². The maximum Gasteiger partial charge on any atom is 0.240 e. The van der Waals surface area contributed by atoms with Crippen molar-refractivity contribution in [3.63, 3.8) is 0 Å². The van der Waals surface area contributed by atoms with E-state index in [4.69, 9.17) is 0 Å². The standard InChI is InChI=1S/C17H21NO4S2/c1-14(8-9-15-6-4-3-5-7-15)18-24(21,22)17-12-10-16(11-13-17)23(2,19)20/h3-7,10-14,18H,8-9H2,1-2H3. The van der Waals surface area contributed by atoms with Crippen molar-refractivity contribution in [3.8, 4) is 0 Å². The third-order valence-electron chi connectivity index (χ3n) is 3.63. The summed E-state index contributed by atoms with van der Waals surface area (Å²) in [4.78, 5) is 0.153. The van der Waals surface area contributed by atoms with Crippen molar-refractivity contribution in [1.29, 1.82) is 0 Å². The van der Waals surface area contributed by atoms with Crippen LogP contribution >= 0.6 is 0 Å². The van der Waals surface area contributed by atoms with Gasteiger partial charge in [0.2, 0.25) is 10.0 Å². The van der Waals surface area contributed by atoms with Gasteiger partial charge in [-0.2, -0.15) is 0 Å². The molecule has 0 aliphatic rings. The molecule has 24 heavy (non-hydrogen) atoms. The molecule has 1 N–H and O–H groups in total. The lowest BCUT2D eigenvalue weighted by Gasteiger charge is -2.14. The highest BCUT2D eigenvalue weighted by Crippen LogP contribution is 2.15. The molecule has 5 nitrogen and oxygen atoms in total. The number of aryl methyl sites for hydroxylation is 1. The Hall–Kier alpha value is -1.70. The second-order valence-corrected chi connectivity index (χ2v) is 9.52. The number of sulfonamides is 1. The van der Waals surface area contributed by atoms with E-state index in [1.165, 1.54) is 24.3 Å². The summed E-state index contributed by atoms with van der Waals surface area (Å²) in [6.45, 7) is 1.81. The number of hydrogen-bond donors (Lipinski definition) is 1. The molecule has 0 heterocycles. The van der Waals surface area contributed by atoms with Crippen molar-refractivity contribution < 1.29 is 16.8 Å². The molecule has 0 aliphatic heterocycles. The second kappa shape index (κ2) is 7.46. The van der Waals surface area contributed by atoms with Crippen LogP contribution in [0.3, 0.4) is 0 Å². The second-order valence-electron chi connectivity index (χ2n) is 5.79. The molecule has 2 aromatic carbocycles. The molecule has 1 atom stereocenters. The summed E-state index contributed by atoms with van der Waals surface area (Å²) in [5, 5.41) is 0. The monoisotopic (exact) mass is 367 g/mol. The van der Waals surface area contributed by atoms with Gasteiger partial charge in [0.25, 0.3) is 0 Å². The van der Waals surface area contributed by atoms with E-state index in [1.807, 2.05) is 37.3 Å². The average Bonchev–Trinajstić information content (AvgIpc) is 2.53.